The van der Waals surface area contributed by atoms with Crippen LogP contribution in [-0.2, 0) is 26.9 Å². The smallest absolute Gasteiger partial charge is 0.213 e. The zero-order chi connectivity index (χ0) is 28.8. The number of rotatable bonds is 11. The third-order valence-corrected chi connectivity index (χ3v) is 8.90. The van der Waals surface area contributed by atoms with Gasteiger partial charge in [0.2, 0.25) is 5.88 Å². The lowest BCUT2D eigenvalue weighted by Crippen LogP contribution is -2.36. The Balaban J connectivity index is 1.38. The second-order valence-corrected chi connectivity index (χ2v) is 13.9. The molecule has 0 amide bonds. The molecule has 3 atom stereocenters. The van der Waals surface area contributed by atoms with Crippen LogP contribution in [0, 0.1) is 0 Å². The van der Waals surface area contributed by atoms with Crippen molar-refractivity contribution < 1.29 is 22.9 Å². The highest BCUT2D eigenvalue weighted by Gasteiger charge is 2.27. The molecule has 1 aliphatic rings. The first-order valence-corrected chi connectivity index (χ1v) is 15.9. The van der Waals surface area contributed by atoms with Gasteiger partial charge in [-0.05, 0) is 69.9 Å². The van der Waals surface area contributed by atoms with Crippen LogP contribution in [0.25, 0.3) is 22.2 Å². The second kappa shape index (κ2) is 13.6. The predicted octanol–water partition coefficient (Wildman–Crippen LogP) is 6.91. The minimum Gasteiger partial charge on any atom is -0.475 e. The van der Waals surface area contributed by atoms with Crippen LogP contribution < -0.4 is 9.46 Å². The van der Waals surface area contributed by atoms with E-state index >= 15 is 0 Å². The topological polar surface area (TPSA) is 95.7 Å². The molecule has 0 radical (unpaired) electrons. The monoisotopic (exact) mass is 641 g/mol. The Bertz CT molecular complexity index is 1480. The molecule has 0 saturated carbocycles. The average Bonchev–Trinajstić information content (AvgIpc) is 3.38. The highest BCUT2D eigenvalue weighted by atomic mass is 79.9. The van der Waals surface area contributed by atoms with Gasteiger partial charge >= 0.3 is 0 Å². The van der Waals surface area contributed by atoms with E-state index in [1.165, 1.54) is 0 Å². The van der Waals surface area contributed by atoms with E-state index in [0.717, 1.165) is 58.2 Å². The van der Waals surface area contributed by atoms with Crippen molar-refractivity contribution in [3.8, 4) is 17.1 Å². The zero-order valence-electron chi connectivity index (χ0n) is 23.6. The Labute approximate surface area is 251 Å². The first-order chi connectivity index (χ1) is 19.8. The first kappa shape index (κ1) is 29.8. The fourth-order valence-electron chi connectivity index (χ4n) is 4.67. The predicted molar refractivity (Wildman–Crippen MR) is 164 cm³/mol. The lowest BCUT2D eigenvalue weighted by atomic mass is 9.94. The van der Waals surface area contributed by atoms with Crippen molar-refractivity contribution in [1.29, 1.82) is 0 Å². The van der Waals surface area contributed by atoms with E-state index in [-0.39, 0.29) is 12.3 Å². The van der Waals surface area contributed by atoms with Crippen LogP contribution >= 0.6 is 15.9 Å². The summed E-state index contributed by atoms with van der Waals surface area (Å²) in [6.07, 6.45) is 3.47. The molecule has 0 bridgehead atoms. The summed E-state index contributed by atoms with van der Waals surface area (Å²) >= 11 is 3.50. The number of nitrogens with one attached hydrogen (secondary N) is 1. The Morgan fingerprint density at radius 1 is 1.10 bits per heavy atom. The molecule has 2 unspecified atom stereocenters. The molecule has 8 nitrogen and oxygen atoms in total. The Morgan fingerprint density at radius 3 is 2.76 bits per heavy atom. The van der Waals surface area contributed by atoms with Crippen LogP contribution in [0.1, 0.15) is 57.3 Å². The lowest BCUT2D eigenvalue weighted by Gasteiger charge is -2.26. The fourth-order valence-corrected chi connectivity index (χ4v) is 5.83. The van der Waals surface area contributed by atoms with Gasteiger partial charge in [0.15, 0.2) is 11.9 Å². The van der Waals surface area contributed by atoms with Crippen LogP contribution in [0.15, 0.2) is 69.7 Å². The lowest BCUT2D eigenvalue weighted by molar-refractivity contribution is -0.165. The van der Waals surface area contributed by atoms with Crippen molar-refractivity contribution in [3.05, 3.63) is 76.4 Å². The summed E-state index contributed by atoms with van der Waals surface area (Å²) < 4.78 is 40.2. The summed E-state index contributed by atoms with van der Waals surface area (Å²) in [5, 5.41) is 5.33. The van der Waals surface area contributed by atoms with Crippen molar-refractivity contribution in [1.82, 2.24) is 14.9 Å². The SMILES string of the molecule is CC(C)(C)S(=O)N[C@@H](Cc1cccc(OCCOC2CCCCO2)n1)c1ccccc1-c1noc2cc(Br)ccc12. The summed E-state index contributed by atoms with van der Waals surface area (Å²) in [6, 6.07) is 19.3. The third-order valence-electron chi connectivity index (χ3n) is 6.80. The van der Waals surface area contributed by atoms with E-state index in [1.807, 2.05) is 81.4 Å². The number of aromatic nitrogens is 2. The van der Waals surface area contributed by atoms with E-state index in [2.05, 4.69) is 25.8 Å². The van der Waals surface area contributed by atoms with Gasteiger partial charge in [0.25, 0.3) is 0 Å². The van der Waals surface area contributed by atoms with E-state index in [9.17, 15) is 4.21 Å². The zero-order valence-corrected chi connectivity index (χ0v) is 26.0. The number of hydrogen-bond donors (Lipinski definition) is 1. The van der Waals surface area contributed by atoms with Crippen molar-refractivity contribution in [2.24, 2.45) is 0 Å². The molecule has 4 aromatic rings. The van der Waals surface area contributed by atoms with E-state index in [1.54, 1.807) is 0 Å². The average molecular weight is 643 g/mol. The van der Waals surface area contributed by atoms with Crippen LogP contribution in [0.5, 0.6) is 5.88 Å². The van der Waals surface area contributed by atoms with E-state index in [0.29, 0.717) is 31.1 Å². The molecule has 3 heterocycles. The highest BCUT2D eigenvalue weighted by molar-refractivity contribution is 9.10. The third kappa shape index (κ3) is 7.81. The van der Waals surface area contributed by atoms with Crippen molar-refractivity contribution in [2.75, 3.05) is 19.8 Å². The number of fused-ring (bicyclic) bond motifs is 1. The normalized spacial score (nSPS) is 17.4. The Kier molecular flexibility index (Phi) is 9.87. The van der Waals surface area contributed by atoms with Gasteiger partial charge in [-0.25, -0.2) is 13.9 Å². The molecular weight excluding hydrogens is 606 g/mol. The van der Waals surface area contributed by atoms with Crippen LogP contribution in [0.3, 0.4) is 0 Å². The number of nitrogens with zero attached hydrogens (tertiary/aromatic N) is 2. The van der Waals surface area contributed by atoms with E-state index < -0.39 is 15.7 Å². The maximum absolute atomic E-state index is 13.3. The number of benzene rings is 2. The molecule has 218 valence electrons. The van der Waals surface area contributed by atoms with Gasteiger partial charge in [-0.2, -0.15) is 0 Å². The van der Waals surface area contributed by atoms with Gasteiger partial charge in [0, 0.05) is 40.2 Å². The minimum atomic E-state index is -1.33. The molecule has 1 N–H and O–H groups in total. The largest absolute Gasteiger partial charge is 0.475 e. The summed E-state index contributed by atoms with van der Waals surface area (Å²) in [7, 11) is -1.33. The molecular formula is C31H36BrN3O5S. The van der Waals surface area contributed by atoms with Gasteiger partial charge in [-0.1, -0.05) is 51.4 Å². The summed E-state index contributed by atoms with van der Waals surface area (Å²) in [5.74, 6) is 0.521. The number of pyridine rings is 1. The molecule has 41 heavy (non-hydrogen) atoms. The molecule has 2 aromatic heterocycles. The highest BCUT2D eigenvalue weighted by Crippen LogP contribution is 2.35. The maximum Gasteiger partial charge on any atom is 0.213 e. The van der Waals surface area contributed by atoms with Gasteiger partial charge in [0.05, 0.1) is 28.4 Å². The number of hydrogen-bond acceptors (Lipinski definition) is 7. The quantitative estimate of drug-likeness (QED) is 0.178. The maximum atomic E-state index is 13.3. The molecule has 1 aliphatic heterocycles. The van der Waals surface area contributed by atoms with Crippen LogP contribution in [0.4, 0.5) is 0 Å². The number of halogens is 1. The molecule has 1 saturated heterocycles. The summed E-state index contributed by atoms with van der Waals surface area (Å²) in [4.78, 5) is 4.76. The van der Waals surface area contributed by atoms with Crippen molar-refractivity contribution in [3.63, 3.8) is 0 Å². The summed E-state index contributed by atoms with van der Waals surface area (Å²) in [6.45, 7) is 7.42. The molecule has 0 spiro atoms. The van der Waals surface area contributed by atoms with Gasteiger partial charge in [-0.15, -0.1) is 0 Å². The van der Waals surface area contributed by atoms with E-state index in [4.69, 9.17) is 23.7 Å². The number of ether oxygens (including phenoxy) is 3. The standard InChI is InChI=1S/C31H36BrN3O5S/c1-31(2,3)41(36)35-26(20-22-9-8-12-28(33-22)37-17-18-39-29-13-6-7-16-38-29)23-10-4-5-11-24(23)30-25-15-14-21(32)19-27(25)40-34-30/h4-5,8-12,14-15,19,26,29,35H,6-7,13,16-18,20H2,1-3H3/t26-,29?,41?/m0/s1. The van der Waals surface area contributed by atoms with Crippen molar-refractivity contribution in [2.45, 2.75) is 63.5 Å². The van der Waals surface area contributed by atoms with Crippen LogP contribution in [0.2, 0.25) is 0 Å². The fraction of sp³-hybridized carbons (Fsp3) is 0.419. The van der Waals surface area contributed by atoms with Gasteiger partial charge < -0.3 is 18.7 Å². The van der Waals surface area contributed by atoms with Gasteiger partial charge in [-0.3, -0.25) is 0 Å². The molecule has 0 aliphatic carbocycles. The molecule has 10 heteroatoms. The van der Waals surface area contributed by atoms with Gasteiger partial charge in [0.1, 0.15) is 12.3 Å². The van der Waals surface area contributed by atoms with Crippen LogP contribution in [-0.4, -0.2) is 45.2 Å². The second-order valence-electron chi connectivity index (χ2n) is 11.0. The molecule has 1 fully saturated rings. The van der Waals surface area contributed by atoms with Crippen molar-refractivity contribution >= 4 is 37.9 Å². The Morgan fingerprint density at radius 2 is 1.95 bits per heavy atom. The summed E-state index contributed by atoms with van der Waals surface area (Å²) in [5.41, 5.74) is 4.11. The minimum absolute atomic E-state index is 0.148. The first-order valence-electron chi connectivity index (χ1n) is 13.9. The molecule has 2 aromatic carbocycles. The molecule has 5 rings (SSSR count). The Hall–Kier alpha value is -2.63.